The van der Waals surface area contributed by atoms with Crippen LogP contribution in [0.15, 0.2) is 41.2 Å². The van der Waals surface area contributed by atoms with Crippen LogP contribution in [0.4, 0.5) is 5.69 Å². The lowest BCUT2D eigenvalue weighted by Gasteiger charge is -2.17. The fraction of sp³-hybridized carbons (Fsp3) is 0.368. The second-order valence-corrected chi connectivity index (χ2v) is 6.13. The molecule has 7 nitrogen and oxygen atoms in total. The molecule has 3 rings (SSSR count). The average molecular weight is 355 g/mol. The summed E-state index contributed by atoms with van der Waals surface area (Å²) in [5, 5.41) is 4.03. The van der Waals surface area contributed by atoms with E-state index in [2.05, 4.69) is 5.10 Å². The third-order valence-electron chi connectivity index (χ3n) is 4.31. The quantitative estimate of drug-likeness (QED) is 0.738. The predicted molar refractivity (Wildman–Crippen MR) is 96.2 cm³/mol. The molecule has 136 valence electrons. The molecule has 0 bridgehead atoms. The lowest BCUT2D eigenvalue weighted by atomic mass is 10.2. The van der Waals surface area contributed by atoms with Gasteiger partial charge in [0.1, 0.15) is 0 Å². The number of amides is 1. The Balaban J connectivity index is 1.62. The molecule has 0 spiro atoms. The number of esters is 1. The summed E-state index contributed by atoms with van der Waals surface area (Å²) in [4.78, 5) is 37.9. The highest BCUT2D eigenvalue weighted by atomic mass is 16.5. The molecule has 0 saturated heterocycles. The molecule has 0 saturated carbocycles. The van der Waals surface area contributed by atoms with Gasteiger partial charge in [-0.1, -0.05) is 31.5 Å². The summed E-state index contributed by atoms with van der Waals surface area (Å²) in [6.45, 7) is 2.67. The molecule has 0 radical (unpaired) electrons. The van der Waals surface area contributed by atoms with Crippen LogP contribution in [0.3, 0.4) is 0 Å². The van der Waals surface area contributed by atoms with Crippen molar-refractivity contribution >= 4 is 17.6 Å². The van der Waals surface area contributed by atoms with Crippen LogP contribution in [0.1, 0.15) is 35.8 Å². The van der Waals surface area contributed by atoms with Crippen molar-refractivity contribution in [2.45, 2.75) is 32.7 Å². The van der Waals surface area contributed by atoms with Gasteiger partial charge < -0.3 is 9.64 Å². The van der Waals surface area contributed by atoms with Crippen molar-refractivity contribution in [1.82, 2.24) is 9.78 Å². The molecule has 1 aromatic heterocycles. The van der Waals surface area contributed by atoms with Gasteiger partial charge >= 0.3 is 5.97 Å². The molecule has 0 unspecified atom stereocenters. The fourth-order valence-electron chi connectivity index (χ4n) is 2.90. The van der Waals surface area contributed by atoms with Crippen LogP contribution >= 0.6 is 0 Å². The van der Waals surface area contributed by atoms with Crippen molar-refractivity contribution < 1.29 is 14.3 Å². The maximum Gasteiger partial charge on any atom is 0.359 e. The SMILES string of the molecule is CCCCn1nc(C(=O)OCC(=O)N2CCc3ccccc32)ccc1=O. The van der Waals surface area contributed by atoms with Crippen LogP contribution in [0.2, 0.25) is 0 Å². The van der Waals surface area contributed by atoms with Gasteiger partial charge in [0.05, 0.1) is 0 Å². The van der Waals surface area contributed by atoms with Crippen molar-refractivity contribution in [3.05, 3.63) is 58.0 Å². The summed E-state index contributed by atoms with van der Waals surface area (Å²) in [6, 6.07) is 10.3. The standard InChI is InChI=1S/C19H21N3O4/c1-2-3-11-22-17(23)9-8-15(20-22)19(25)26-13-18(24)21-12-10-14-6-4-5-7-16(14)21/h4-9H,2-3,10-13H2,1H3. The van der Waals surface area contributed by atoms with Gasteiger partial charge in [-0.05, 0) is 30.5 Å². The van der Waals surface area contributed by atoms with Crippen molar-refractivity contribution in [3.8, 4) is 0 Å². The van der Waals surface area contributed by atoms with Crippen molar-refractivity contribution in [1.29, 1.82) is 0 Å². The molecule has 0 aliphatic carbocycles. The van der Waals surface area contributed by atoms with Gasteiger partial charge in [0.25, 0.3) is 11.5 Å². The lowest BCUT2D eigenvalue weighted by molar-refractivity contribution is -0.121. The molecule has 7 heteroatoms. The van der Waals surface area contributed by atoms with Crippen molar-refractivity contribution in [2.24, 2.45) is 0 Å². The Kier molecular flexibility index (Phi) is 5.46. The Morgan fingerprint density at radius 2 is 2.00 bits per heavy atom. The number of carbonyl (C=O) groups is 2. The summed E-state index contributed by atoms with van der Waals surface area (Å²) >= 11 is 0. The Bertz CT molecular complexity index is 875. The molecule has 26 heavy (non-hydrogen) atoms. The van der Waals surface area contributed by atoms with E-state index in [1.165, 1.54) is 16.8 Å². The van der Waals surface area contributed by atoms with E-state index in [1.54, 1.807) is 4.90 Å². The van der Waals surface area contributed by atoms with Gasteiger partial charge in [-0.3, -0.25) is 9.59 Å². The number of unbranched alkanes of at least 4 members (excludes halogenated alkanes) is 1. The van der Waals surface area contributed by atoms with Crippen LogP contribution < -0.4 is 10.5 Å². The van der Waals surface area contributed by atoms with E-state index >= 15 is 0 Å². The van der Waals surface area contributed by atoms with Crippen LogP contribution in [-0.2, 0) is 22.5 Å². The van der Waals surface area contributed by atoms with Gasteiger partial charge in [-0.15, -0.1) is 0 Å². The zero-order chi connectivity index (χ0) is 18.5. The van der Waals surface area contributed by atoms with E-state index in [0.717, 1.165) is 30.5 Å². The van der Waals surface area contributed by atoms with Gasteiger partial charge in [0.2, 0.25) is 0 Å². The highest BCUT2D eigenvalue weighted by molar-refractivity contribution is 5.98. The number of aromatic nitrogens is 2. The number of hydrogen-bond acceptors (Lipinski definition) is 5. The molecule has 0 N–H and O–H groups in total. The van der Waals surface area contributed by atoms with E-state index in [0.29, 0.717) is 13.1 Å². The predicted octanol–water partition coefficient (Wildman–Crippen LogP) is 1.79. The van der Waals surface area contributed by atoms with Gasteiger partial charge in [-0.25, -0.2) is 9.48 Å². The Morgan fingerprint density at radius 3 is 2.81 bits per heavy atom. The number of nitrogens with zero attached hydrogens (tertiary/aromatic N) is 3. The minimum Gasteiger partial charge on any atom is -0.451 e. The zero-order valence-electron chi connectivity index (χ0n) is 14.7. The van der Waals surface area contributed by atoms with Crippen LogP contribution in [-0.4, -0.2) is 34.8 Å². The van der Waals surface area contributed by atoms with Gasteiger partial charge in [0.15, 0.2) is 12.3 Å². The second kappa shape index (κ2) is 7.95. The summed E-state index contributed by atoms with van der Waals surface area (Å²) in [7, 11) is 0. The number of carbonyl (C=O) groups excluding carboxylic acids is 2. The first-order chi connectivity index (χ1) is 12.6. The fourth-order valence-corrected chi connectivity index (χ4v) is 2.90. The van der Waals surface area contributed by atoms with E-state index in [-0.39, 0.29) is 23.8 Å². The molecular weight excluding hydrogens is 334 g/mol. The third-order valence-corrected chi connectivity index (χ3v) is 4.31. The van der Waals surface area contributed by atoms with Gasteiger partial charge in [0, 0.05) is 24.8 Å². The molecule has 1 aliphatic heterocycles. The van der Waals surface area contributed by atoms with Gasteiger partial charge in [-0.2, -0.15) is 5.10 Å². The molecule has 0 fully saturated rings. The Morgan fingerprint density at radius 1 is 1.19 bits per heavy atom. The molecule has 0 atom stereocenters. The highest BCUT2D eigenvalue weighted by Crippen LogP contribution is 2.27. The molecular formula is C19H21N3O4. The summed E-state index contributed by atoms with van der Waals surface area (Å²) in [5.41, 5.74) is 1.73. The van der Waals surface area contributed by atoms with E-state index in [1.807, 2.05) is 31.2 Å². The maximum absolute atomic E-state index is 12.4. The maximum atomic E-state index is 12.4. The monoisotopic (exact) mass is 355 g/mol. The minimum atomic E-state index is -0.712. The number of ether oxygens (including phenoxy) is 1. The first kappa shape index (κ1) is 17.8. The Hall–Kier alpha value is -2.96. The molecule has 1 aromatic carbocycles. The molecule has 1 amide bonds. The van der Waals surface area contributed by atoms with E-state index in [9.17, 15) is 14.4 Å². The van der Waals surface area contributed by atoms with E-state index < -0.39 is 5.97 Å². The van der Waals surface area contributed by atoms with Crippen LogP contribution in [0, 0.1) is 0 Å². The number of benzene rings is 1. The largest absolute Gasteiger partial charge is 0.451 e. The smallest absolute Gasteiger partial charge is 0.359 e. The third kappa shape index (κ3) is 3.82. The lowest BCUT2D eigenvalue weighted by Crippen LogP contribution is -2.33. The van der Waals surface area contributed by atoms with E-state index in [4.69, 9.17) is 4.74 Å². The number of fused-ring (bicyclic) bond motifs is 1. The number of anilines is 1. The van der Waals surface area contributed by atoms with Crippen LogP contribution in [0.25, 0.3) is 0 Å². The number of para-hydroxylation sites is 1. The van der Waals surface area contributed by atoms with Crippen molar-refractivity contribution in [2.75, 3.05) is 18.1 Å². The first-order valence-corrected chi connectivity index (χ1v) is 8.73. The topological polar surface area (TPSA) is 81.5 Å². The van der Waals surface area contributed by atoms with Crippen molar-refractivity contribution in [3.63, 3.8) is 0 Å². The normalized spacial score (nSPS) is 12.7. The summed E-state index contributed by atoms with van der Waals surface area (Å²) in [6.07, 6.45) is 2.49. The second-order valence-electron chi connectivity index (χ2n) is 6.13. The number of hydrogen-bond donors (Lipinski definition) is 0. The highest BCUT2D eigenvalue weighted by Gasteiger charge is 2.25. The minimum absolute atomic E-state index is 0.0234. The Labute approximate surface area is 151 Å². The first-order valence-electron chi connectivity index (χ1n) is 8.73. The zero-order valence-corrected chi connectivity index (χ0v) is 14.7. The number of rotatable bonds is 6. The van der Waals surface area contributed by atoms with Crippen LogP contribution in [0.5, 0.6) is 0 Å². The summed E-state index contributed by atoms with van der Waals surface area (Å²) < 4.78 is 6.36. The molecule has 1 aliphatic rings. The molecule has 2 aromatic rings. The average Bonchev–Trinajstić information content (AvgIpc) is 3.09. The summed E-state index contributed by atoms with van der Waals surface area (Å²) in [5.74, 6) is -0.987. The number of aryl methyl sites for hydroxylation is 1. The molecule has 2 heterocycles.